The van der Waals surface area contributed by atoms with Gasteiger partial charge in [-0.05, 0) is 37.0 Å². The van der Waals surface area contributed by atoms with Gasteiger partial charge in [0, 0.05) is 11.6 Å². The van der Waals surface area contributed by atoms with E-state index in [0.29, 0.717) is 23.0 Å². The molecule has 2 N–H and O–H groups in total. The molecule has 1 fully saturated rings. The average molecular weight is 320 g/mol. The van der Waals surface area contributed by atoms with Crippen molar-refractivity contribution in [2.75, 3.05) is 20.8 Å². The smallest absolute Gasteiger partial charge is 0.251 e. The molecule has 0 saturated heterocycles. The van der Waals surface area contributed by atoms with Crippen LogP contribution in [-0.2, 0) is 4.79 Å². The van der Waals surface area contributed by atoms with Crippen molar-refractivity contribution in [2.24, 2.45) is 5.92 Å². The van der Waals surface area contributed by atoms with Crippen molar-refractivity contribution in [2.45, 2.75) is 32.2 Å². The van der Waals surface area contributed by atoms with Gasteiger partial charge < -0.3 is 20.1 Å². The van der Waals surface area contributed by atoms with Crippen LogP contribution in [-0.4, -0.2) is 38.6 Å². The summed E-state index contributed by atoms with van der Waals surface area (Å²) in [6, 6.07) is 5.10. The number of carbonyl (C=O) groups is 2. The SMILES string of the molecule is COc1ccc(C(=O)NCC(=O)NC2CCCC2C)cc1OC. The number of ether oxygens (including phenoxy) is 2. The standard InChI is InChI=1S/C17H24N2O4/c1-11-5-4-6-13(11)19-16(20)10-18-17(21)12-7-8-14(22-2)15(9-12)23-3/h7-9,11,13H,4-6,10H2,1-3H3,(H,18,21)(H,19,20). The number of rotatable bonds is 6. The molecule has 6 nitrogen and oxygen atoms in total. The molecular formula is C17H24N2O4. The Kier molecular flexibility index (Phi) is 5.84. The molecule has 1 aliphatic carbocycles. The number of methoxy groups -OCH3 is 2. The molecule has 2 amide bonds. The van der Waals surface area contributed by atoms with Crippen LogP contribution < -0.4 is 20.1 Å². The van der Waals surface area contributed by atoms with Crippen LogP contribution >= 0.6 is 0 Å². The first-order chi connectivity index (χ1) is 11.0. The first kappa shape index (κ1) is 17.1. The lowest BCUT2D eigenvalue weighted by Crippen LogP contribution is -2.42. The van der Waals surface area contributed by atoms with Crippen molar-refractivity contribution in [3.63, 3.8) is 0 Å². The van der Waals surface area contributed by atoms with E-state index >= 15 is 0 Å². The molecule has 1 saturated carbocycles. The third-order valence-electron chi connectivity index (χ3n) is 4.26. The molecule has 6 heteroatoms. The van der Waals surface area contributed by atoms with Gasteiger partial charge in [0.15, 0.2) is 11.5 Å². The van der Waals surface area contributed by atoms with E-state index in [1.807, 2.05) is 0 Å². The molecule has 2 atom stereocenters. The summed E-state index contributed by atoms with van der Waals surface area (Å²) < 4.78 is 10.3. The van der Waals surface area contributed by atoms with Gasteiger partial charge in [-0.3, -0.25) is 9.59 Å². The van der Waals surface area contributed by atoms with E-state index in [1.165, 1.54) is 14.2 Å². The van der Waals surface area contributed by atoms with E-state index in [4.69, 9.17) is 9.47 Å². The minimum atomic E-state index is -0.319. The second-order valence-electron chi connectivity index (χ2n) is 5.83. The summed E-state index contributed by atoms with van der Waals surface area (Å²) in [6.45, 7) is 2.11. The number of nitrogens with one attached hydrogen (secondary N) is 2. The predicted molar refractivity (Wildman–Crippen MR) is 86.8 cm³/mol. The molecule has 1 aromatic rings. The molecule has 1 aliphatic rings. The molecule has 23 heavy (non-hydrogen) atoms. The van der Waals surface area contributed by atoms with Gasteiger partial charge in [0.1, 0.15) is 0 Å². The van der Waals surface area contributed by atoms with Crippen molar-refractivity contribution in [1.29, 1.82) is 0 Å². The first-order valence-corrected chi connectivity index (χ1v) is 7.84. The summed E-state index contributed by atoms with van der Waals surface area (Å²) in [5, 5.41) is 5.61. The van der Waals surface area contributed by atoms with Gasteiger partial charge in [-0.25, -0.2) is 0 Å². The van der Waals surface area contributed by atoms with E-state index in [1.54, 1.807) is 18.2 Å². The normalized spacial score (nSPS) is 20.0. The second-order valence-corrected chi connectivity index (χ2v) is 5.83. The highest BCUT2D eigenvalue weighted by molar-refractivity contribution is 5.97. The van der Waals surface area contributed by atoms with E-state index in [2.05, 4.69) is 17.6 Å². The molecule has 0 spiro atoms. The highest BCUT2D eigenvalue weighted by atomic mass is 16.5. The van der Waals surface area contributed by atoms with E-state index in [9.17, 15) is 9.59 Å². The van der Waals surface area contributed by atoms with Gasteiger partial charge >= 0.3 is 0 Å². The van der Waals surface area contributed by atoms with Crippen LogP contribution in [0.1, 0.15) is 36.5 Å². The second kappa shape index (κ2) is 7.85. The molecule has 2 rings (SSSR count). The topological polar surface area (TPSA) is 76.7 Å². The number of benzene rings is 1. The Labute approximate surface area is 136 Å². The number of hydrogen-bond donors (Lipinski definition) is 2. The van der Waals surface area contributed by atoms with E-state index < -0.39 is 0 Å². The Morgan fingerprint density at radius 2 is 1.91 bits per heavy atom. The van der Waals surface area contributed by atoms with E-state index in [-0.39, 0.29) is 24.4 Å². The van der Waals surface area contributed by atoms with Crippen molar-refractivity contribution >= 4 is 11.8 Å². The summed E-state index contributed by atoms with van der Waals surface area (Å²) >= 11 is 0. The van der Waals surface area contributed by atoms with Crippen molar-refractivity contribution < 1.29 is 19.1 Å². The third-order valence-corrected chi connectivity index (χ3v) is 4.26. The van der Waals surface area contributed by atoms with Crippen LogP contribution in [0.15, 0.2) is 18.2 Å². The van der Waals surface area contributed by atoms with Crippen LogP contribution in [0, 0.1) is 5.92 Å². The number of amides is 2. The number of hydrogen-bond acceptors (Lipinski definition) is 4. The van der Waals surface area contributed by atoms with Crippen LogP contribution in [0.25, 0.3) is 0 Å². The zero-order valence-corrected chi connectivity index (χ0v) is 13.8. The highest BCUT2D eigenvalue weighted by Gasteiger charge is 2.24. The molecule has 0 aromatic heterocycles. The Morgan fingerprint density at radius 3 is 2.52 bits per heavy atom. The lowest BCUT2D eigenvalue weighted by atomic mass is 10.1. The van der Waals surface area contributed by atoms with Gasteiger partial charge in [-0.1, -0.05) is 13.3 Å². The third kappa shape index (κ3) is 4.37. The summed E-state index contributed by atoms with van der Waals surface area (Å²) in [7, 11) is 3.04. The minimum absolute atomic E-state index is 0.0314. The van der Waals surface area contributed by atoms with Gasteiger partial charge in [0.05, 0.1) is 20.8 Å². The quantitative estimate of drug-likeness (QED) is 0.837. The maximum Gasteiger partial charge on any atom is 0.251 e. The monoisotopic (exact) mass is 320 g/mol. The zero-order valence-electron chi connectivity index (χ0n) is 13.8. The highest BCUT2D eigenvalue weighted by Crippen LogP contribution is 2.27. The lowest BCUT2D eigenvalue weighted by molar-refractivity contribution is -0.121. The van der Waals surface area contributed by atoms with Crippen LogP contribution in [0.4, 0.5) is 0 Å². The van der Waals surface area contributed by atoms with Gasteiger partial charge in [-0.2, -0.15) is 0 Å². The molecule has 0 radical (unpaired) electrons. The molecule has 0 bridgehead atoms. The van der Waals surface area contributed by atoms with Gasteiger partial charge in [0.25, 0.3) is 5.91 Å². The molecule has 1 aromatic carbocycles. The Balaban J connectivity index is 1.88. The predicted octanol–water partition coefficient (Wildman–Crippen LogP) is 1.74. The molecule has 0 heterocycles. The molecular weight excluding hydrogens is 296 g/mol. The van der Waals surface area contributed by atoms with Crippen LogP contribution in [0.2, 0.25) is 0 Å². The fraction of sp³-hybridized carbons (Fsp3) is 0.529. The van der Waals surface area contributed by atoms with Crippen molar-refractivity contribution in [3.05, 3.63) is 23.8 Å². The Bertz CT molecular complexity index is 574. The average Bonchev–Trinajstić information content (AvgIpc) is 2.96. The minimum Gasteiger partial charge on any atom is -0.493 e. The van der Waals surface area contributed by atoms with Crippen LogP contribution in [0.3, 0.4) is 0 Å². The zero-order chi connectivity index (χ0) is 16.8. The first-order valence-electron chi connectivity index (χ1n) is 7.84. The van der Waals surface area contributed by atoms with Crippen molar-refractivity contribution in [3.8, 4) is 11.5 Å². The Hall–Kier alpha value is -2.24. The fourth-order valence-electron chi connectivity index (χ4n) is 2.86. The van der Waals surface area contributed by atoms with E-state index in [0.717, 1.165) is 19.3 Å². The number of carbonyl (C=O) groups excluding carboxylic acids is 2. The summed E-state index contributed by atoms with van der Waals surface area (Å²) in [5.74, 6) is 1.06. The van der Waals surface area contributed by atoms with Gasteiger partial charge in [0.2, 0.25) is 5.91 Å². The summed E-state index contributed by atoms with van der Waals surface area (Å²) in [4.78, 5) is 24.1. The van der Waals surface area contributed by atoms with Crippen LogP contribution in [0.5, 0.6) is 11.5 Å². The fourth-order valence-corrected chi connectivity index (χ4v) is 2.86. The molecule has 0 aliphatic heterocycles. The lowest BCUT2D eigenvalue weighted by Gasteiger charge is -2.17. The molecule has 126 valence electrons. The maximum absolute atomic E-state index is 12.1. The van der Waals surface area contributed by atoms with Crippen molar-refractivity contribution in [1.82, 2.24) is 10.6 Å². The largest absolute Gasteiger partial charge is 0.493 e. The van der Waals surface area contributed by atoms with Gasteiger partial charge in [-0.15, -0.1) is 0 Å². The Morgan fingerprint density at radius 1 is 1.17 bits per heavy atom. The summed E-state index contributed by atoms with van der Waals surface area (Å²) in [5.41, 5.74) is 0.421. The molecule has 2 unspecified atom stereocenters. The maximum atomic E-state index is 12.1. The summed E-state index contributed by atoms with van der Waals surface area (Å²) in [6.07, 6.45) is 3.30.